The van der Waals surface area contributed by atoms with Crippen molar-refractivity contribution in [1.82, 2.24) is 4.90 Å². The van der Waals surface area contributed by atoms with E-state index in [-0.39, 0.29) is 11.4 Å². The van der Waals surface area contributed by atoms with E-state index in [1.54, 1.807) is 20.8 Å². The van der Waals surface area contributed by atoms with Gasteiger partial charge >= 0.3 is 12.2 Å². The quantitative estimate of drug-likeness (QED) is 0.894. The van der Waals surface area contributed by atoms with E-state index >= 15 is 0 Å². The first-order chi connectivity index (χ1) is 9.83. The van der Waals surface area contributed by atoms with Crippen molar-refractivity contribution in [3.05, 3.63) is 23.8 Å². The molecule has 0 heterocycles. The van der Waals surface area contributed by atoms with E-state index < -0.39 is 17.8 Å². The number of nitrogens with one attached hydrogen (secondary N) is 1. The van der Waals surface area contributed by atoms with Crippen molar-refractivity contribution in [2.24, 2.45) is 0 Å². The van der Waals surface area contributed by atoms with Crippen LogP contribution in [0.2, 0.25) is 0 Å². The number of nitrogens with zero attached hydrogens (tertiary/aromatic N) is 1. The highest BCUT2D eigenvalue weighted by Crippen LogP contribution is 2.35. The Morgan fingerprint density at radius 1 is 1.24 bits per heavy atom. The summed E-state index contributed by atoms with van der Waals surface area (Å²) in [5, 5.41) is 2.47. The summed E-state index contributed by atoms with van der Waals surface area (Å²) in [5.74, 6) is 0.214. The Morgan fingerprint density at radius 2 is 1.86 bits per heavy atom. The highest BCUT2D eigenvalue weighted by atomic mass is 19.4. The number of hydrogen-bond acceptors (Lipinski definition) is 2. The first-order valence-corrected chi connectivity index (χ1v) is 6.73. The fourth-order valence-electron chi connectivity index (χ4n) is 1.79. The SMILES string of the molecule is CCOc1ccc(C(F)(F)F)cc1NC(=O)N(CC)CC. The van der Waals surface area contributed by atoms with Crippen molar-refractivity contribution in [2.45, 2.75) is 26.9 Å². The van der Waals surface area contributed by atoms with Crippen LogP contribution in [0.25, 0.3) is 0 Å². The number of rotatable bonds is 5. The third kappa shape index (κ3) is 4.54. The number of halogens is 3. The van der Waals surface area contributed by atoms with Gasteiger partial charge in [-0.25, -0.2) is 4.79 Å². The fourth-order valence-corrected chi connectivity index (χ4v) is 1.79. The van der Waals surface area contributed by atoms with Crippen LogP contribution in [0.4, 0.5) is 23.7 Å². The Bertz CT molecular complexity index is 486. The Hall–Kier alpha value is -1.92. The molecule has 0 atom stereocenters. The Balaban J connectivity index is 3.09. The maximum atomic E-state index is 12.7. The molecule has 7 heteroatoms. The van der Waals surface area contributed by atoms with Gasteiger partial charge in [0.15, 0.2) is 0 Å². The highest BCUT2D eigenvalue weighted by molar-refractivity contribution is 5.91. The molecule has 0 aliphatic rings. The molecule has 0 fully saturated rings. The molecule has 0 aliphatic heterocycles. The van der Waals surface area contributed by atoms with Crippen molar-refractivity contribution in [3.63, 3.8) is 0 Å². The molecule has 0 saturated carbocycles. The maximum Gasteiger partial charge on any atom is 0.416 e. The molecule has 1 rings (SSSR count). The maximum absolute atomic E-state index is 12.7. The monoisotopic (exact) mass is 304 g/mol. The molecule has 1 aromatic rings. The number of anilines is 1. The van der Waals surface area contributed by atoms with Gasteiger partial charge in [0.1, 0.15) is 5.75 Å². The van der Waals surface area contributed by atoms with Crippen LogP contribution < -0.4 is 10.1 Å². The van der Waals surface area contributed by atoms with Crippen LogP contribution in [0.5, 0.6) is 5.75 Å². The van der Waals surface area contributed by atoms with Gasteiger partial charge in [0, 0.05) is 13.1 Å². The van der Waals surface area contributed by atoms with E-state index in [1.807, 2.05) is 0 Å². The van der Waals surface area contributed by atoms with Gasteiger partial charge in [0.05, 0.1) is 17.9 Å². The minimum absolute atomic E-state index is 0.0172. The first-order valence-electron chi connectivity index (χ1n) is 6.73. The second-order valence-corrected chi connectivity index (χ2v) is 4.24. The zero-order chi connectivity index (χ0) is 16.0. The number of urea groups is 1. The Kier molecular flexibility index (Phi) is 5.87. The van der Waals surface area contributed by atoms with Gasteiger partial charge in [-0.3, -0.25) is 0 Å². The molecule has 0 unspecified atom stereocenters. The standard InChI is InChI=1S/C14H19F3N2O2/c1-4-19(5-2)13(20)18-11-9-10(14(15,16)17)7-8-12(11)21-6-3/h7-9H,4-6H2,1-3H3,(H,18,20). The smallest absolute Gasteiger partial charge is 0.416 e. The first kappa shape index (κ1) is 17.1. The largest absolute Gasteiger partial charge is 0.492 e. The van der Waals surface area contributed by atoms with Crippen LogP contribution in [-0.4, -0.2) is 30.6 Å². The number of alkyl halides is 3. The lowest BCUT2D eigenvalue weighted by molar-refractivity contribution is -0.137. The molecule has 2 amide bonds. The van der Waals surface area contributed by atoms with Crippen molar-refractivity contribution in [2.75, 3.05) is 25.0 Å². The van der Waals surface area contributed by atoms with E-state index in [4.69, 9.17) is 4.74 Å². The van der Waals surface area contributed by atoms with E-state index in [9.17, 15) is 18.0 Å². The molecule has 0 spiro atoms. The minimum atomic E-state index is -4.47. The molecular weight excluding hydrogens is 285 g/mol. The molecule has 4 nitrogen and oxygen atoms in total. The van der Waals surface area contributed by atoms with Gasteiger partial charge in [0.2, 0.25) is 0 Å². The summed E-state index contributed by atoms with van der Waals surface area (Å²) in [7, 11) is 0. The van der Waals surface area contributed by atoms with Crippen LogP contribution in [0.1, 0.15) is 26.3 Å². The number of carbonyl (C=O) groups excluding carboxylic acids is 1. The van der Waals surface area contributed by atoms with E-state index in [0.717, 1.165) is 12.1 Å². The molecule has 0 saturated heterocycles. The van der Waals surface area contributed by atoms with Crippen molar-refractivity contribution < 1.29 is 22.7 Å². The molecular formula is C14H19F3N2O2. The molecule has 0 aromatic heterocycles. The molecule has 0 bridgehead atoms. The molecule has 1 N–H and O–H groups in total. The molecule has 118 valence electrons. The van der Waals surface area contributed by atoms with E-state index in [2.05, 4.69) is 5.32 Å². The summed E-state index contributed by atoms with van der Waals surface area (Å²) in [5.41, 5.74) is -0.815. The molecule has 0 radical (unpaired) electrons. The number of benzene rings is 1. The van der Waals surface area contributed by atoms with Gasteiger partial charge in [-0.2, -0.15) is 13.2 Å². The van der Waals surface area contributed by atoms with Crippen molar-refractivity contribution in [3.8, 4) is 5.75 Å². The van der Waals surface area contributed by atoms with Gasteiger partial charge in [-0.1, -0.05) is 0 Å². The molecule has 1 aromatic carbocycles. The van der Waals surface area contributed by atoms with Crippen molar-refractivity contribution in [1.29, 1.82) is 0 Å². The average molecular weight is 304 g/mol. The number of hydrogen-bond donors (Lipinski definition) is 1. The Labute approximate surface area is 121 Å². The van der Waals surface area contributed by atoms with Crippen LogP contribution >= 0.6 is 0 Å². The van der Waals surface area contributed by atoms with Gasteiger partial charge in [-0.05, 0) is 39.0 Å². The zero-order valence-corrected chi connectivity index (χ0v) is 12.3. The van der Waals surface area contributed by atoms with Gasteiger partial charge in [-0.15, -0.1) is 0 Å². The van der Waals surface area contributed by atoms with E-state index in [0.29, 0.717) is 19.7 Å². The van der Waals surface area contributed by atoms with Crippen LogP contribution in [0, 0.1) is 0 Å². The van der Waals surface area contributed by atoms with Gasteiger partial charge in [0.25, 0.3) is 0 Å². The number of carbonyl (C=O) groups is 1. The normalized spacial score (nSPS) is 11.1. The minimum Gasteiger partial charge on any atom is -0.492 e. The average Bonchev–Trinajstić information content (AvgIpc) is 2.41. The topological polar surface area (TPSA) is 41.6 Å². The summed E-state index contributed by atoms with van der Waals surface area (Å²) >= 11 is 0. The lowest BCUT2D eigenvalue weighted by atomic mass is 10.2. The summed E-state index contributed by atoms with van der Waals surface area (Å²) < 4.78 is 43.5. The molecule has 0 aliphatic carbocycles. The number of ether oxygens (including phenoxy) is 1. The lowest BCUT2D eigenvalue weighted by Gasteiger charge is -2.21. The van der Waals surface area contributed by atoms with Crippen molar-refractivity contribution >= 4 is 11.7 Å². The van der Waals surface area contributed by atoms with Crippen LogP contribution in [-0.2, 0) is 6.18 Å². The number of amides is 2. The highest BCUT2D eigenvalue weighted by Gasteiger charge is 2.31. The summed E-state index contributed by atoms with van der Waals surface area (Å²) in [6.45, 7) is 6.51. The fraction of sp³-hybridized carbons (Fsp3) is 0.500. The second-order valence-electron chi connectivity index (χ2n) is 4.24. The van der Waals surface area contributed by atoms with Gasteiger partial charge < -0.3 is 15.0 Å². The molecule has 21 heavy (non-hydrogen) atoms. The lowest BCUT2D eigenvalue weighted by Crippen LogP contribution is -2.34. The third-order valence-corrected chi connectivity index (χ3v) is 2.90. The summed E-state index contributed by atoms with van der Waals surface area (Å²) in [6.07, 6.45) is -4.47. The second kappa shape index (κ2) is 7.19. The third-order valence-electron chi connectivity index (χ3n) is 2.90. The zero-order valence-electron chi connectivity index (χ0n) is 12.3. The van der Waals surface area contributed by atoms with Crippen LogP contribution in [0.15, 0.2) is 18.2 Å². The van der Waals surface area contributed by atoms with E-state index in [1.165, 1.54) is 11.0 Å². The summed E-state index contributed by atoms with van der Waals surface area (Å²) in [4.78, 5) is 13.4. The summed E-state index contributed by atoms with van der Waals surface area (Å²) in [6, 6.07) is 2.56. The van der Waals surface area contributed by atoms with Crippen LogP contribution in [0.3, 0.4) is 0 Å². The Morgan fingerprint density at radius 3 is 2.33 bits per heavy atom. The predicted octanol–water partition coefficient (Wildman–Crippen LogP) is 3.98. The predicted molar refractivity (Wildman–Crippen MR) is 74.6 cm³/mol.